The Bertz CT molecular complexity index is 989. The predicted octanol–water partition coefficient (Wildman–Crippen LogP) is 5.92. The summed E-state index contributed by atoms with van der Waals surface area (Å²) in [5.41, 5.74) is 11.6. The van der Waals surface area contributed by atoms with Gasteiger partial charge in [0.15, 0.2) is 0 Å². The van der Waals surface area contributed by atoms with Crippen molar-refractivity contribution in [3.05, 3.63) is 94.1 Å². The van der Waals surface area contributed by atoms with Gasteiger partial charge in [0.25, 0.3) is 0 Å². The van der Waals surface area contributed by atoms with E-state index in [9.17, 15) is 9.59 Å². The van der Waals surface area contributed by atoms with Crippen molar-refractivity contribution in [3.63, 3.8) is 0 Å². The first-order valence-corrected chi connectivity index (χ1v) is 11.6. The maximum absolute atomic E-state index is 10.8. The van der Waals surface area contributed by atoms with Crippen molar-refractivity contribution in [1.29, 1.82) is 0 Å². The first kappa shape index (κ1) is 28.9. The second-order valence-electron chi connectivity index (χ2n) is 9.30. The van der Waals surface area contributed by atoms with Gasteiger partial charge in [-0.15, -0.1) is 0 Å². The molecule has 0 radical (unpaired) electrons. The van der Waals surface area contributed by atoms with E-state index >= 15 is 0 Å². The van der Waals surface area contributed by atoms with Crippen LogP contribution in [0.15, 0.2) is 83.0 Å². The van der Waals surface area contributed by atoms with Crippen LogP contribution in [0.5, 0.6) is 0 Å². The molecule has 0 aromatic heterocycles. The van der Waals surface area contributed by atoms with Gasteiger partial charge in [-0.2, -0.15) is 0 Å². The molecule has 2 rings (SSSR count). The van der Waals surface area contributed by atoms with Gasteiger partial charge in [-0.1, -0.05) is 67.5 Å². The standard InChI is InChI=1S/C20H29NO.C9H10O3/c1-15(8-6-9-16(2)14-19(21)22)11-12-18-17(3)10-7-13-20(18,4)5;10-6-5-7-1-3-8(4-2-7)9(11)12/h6,8-9,11-12,14H,7,10,13H2,1-5H3,(H2,21,22);1-4,10H,5-6H2,(H,11,12)/b9-6+,12-11+,15-8+,16-14+;. The van der Waals surface area contributed by atoms with E-state index in [1.165, 1.54) is 54.2 Å². The number of carbonyl (C=O) groups is 2. The molecule has 184 valence electrons. The molecule has 1 aliphatic carbocycles. The Kier molecular flexibility index (Phi) is 12.0. The molecule has 0 bridgehead atoms. The number of primary amides is 1. The lowest BCUT2D eigenvalue weighted by Gasteiger charge is -2.32. The summed E-state index contributed by atoms with van der Waals surface area (Å²) in [7, 11) is 0. The summed E-state index contributed by atoms with van der Waals surface area (Å²) in [6, 6.07) is 6.49. The maximum Gasteiger partial charge on any atom is 0.335 e. The highest BCUT2D eigenvalue weighted by molar-refractivity contribution is 5.87. The Hall–Kier alpha value is -3.18. The fourth-order valence-corrected chi connectivity index (χ4v) is 3.85. The van der Waals surface area contributed by atoms with Gasteiger partial charge in [-0.25, -0.2) is 4.79 Å². The molecule has 5 nitrogen and oxygen atoms in total. The molecule has 1 aliphatic rings. The minimum absolute atomic E-state index is 0.0897. The molecule has 0 aliphatic heterocycles. The van der Waals surface area contributed by atoms with Gasteiger partial charge in [-0.05, 0) is 80.7 Å². The van der Waals surface area contributed by atoms with Gasteiger partial charge in [0.05, 0.1) is 5.56 Å². The molecule has 4 N–H and O–H groups in total. The molecule has 0 saturated heterocycles. The number of hydrogen-bond acceptors (Lipinski definition) is 3. The van der Waals surface area contributed by atoms with Crippen molar-refractivity contribution in [1.82, 2.24) is 0 Å². The van der Waals surface area contributed by atoms with Crippen LogP contribution < -0.4 is 5.73 Å². The van der Waals surface area contributed by atoms with Crippen LogP contribution in [0, 0.1) is 5.41 Å². The van der Waals surface area contributed by atoms with Crippen LogP contribution in [0.1, 0.15) is 69.8 Å². The summed E-state index contributed by atoms with van der Waals surface area (Å²) >= 11 is 0. The van der Waals surface area contributed by atoms with Crippen LogP contribution in [-0.2, 0) is 11.2 Å². The third-order valence-corrected chi connectivity index (χ3v) is 5.74. The van der Waals surface area contributed by atoms with Gasteiger partial charge in [0.1, 0.15) is 0 Å². The Balaban J connectivity index is 0.000000404. The Labute approximate surface area is 204 Å². The molecule has 5 heteroatoms. The highest BCUT2D eigenvalue weighted by Gasteiger charge is 2.26. The van der Waals surface area contributed by atoms with E-state index in [-0.39, 0.29) is 17.6 Å². The second-order valence-corrected chi connectivity index (χ2v) is 9.30. The molecule has 1 aromatic carbocycles. The van der Waals surface area contributed by atoms with Gasteiger partial charge < -0.3 is 15.9 Å². The van der Waals surface area contributed by atoms with Crippen molar-refractivity contribution in [2.24, 2.45) is 11.1 Å². The number of amides is 1. The number of benzene rings is 1. The third-order valence-electron chi connectivity index (χ3n) is 5.74. The van der Waals surface area contributed by atoms with Crippen molar-refractivity contribution in [3.8, 4) is 0 Å². The number of aromatic carboxylic acids is 1. The molecule has 0 saturated carbocycles. The normalized spacial score (nSPS) is 16.5. The lowest BCUT2D eigenvalue weighted by molar-refractivity contribution is -0.113. The molecule has 1 aromatic rings. The van der Waals surface area contributed by atoms with Crippen molar-refractivity contribution < 1.29 is 19.8 Å². The highest BCUT2D eigenvalue weighted by atomic mass is 16.4. The summed E-state index contributed by atoms with van der Waals surface area (Å²) in [5.74, 6) is -1.34. The van der Waals surface area contributed by atoms with Crippen LogP contribution >= 0.6 is 0 Å². The topological polar surface area (TPSA) is 101 Å². The van der Waals surface area contributed by atoms with Crippen LogP contribution in [0.2, 0.25) is 0 Å². The van der Waals surface area contributed by atoms with E-state index in [1.807, 2.05) is 25.2 Å². The first-order chi connectivity index (χ1) is 16.0. The number of rotatable bonds is 8. The third kappa shape index (κ3) is 10.6. The van der Waals surface area contributed by atoms with Gasteiger partial charge in [0, 0.05) is 12.7 Å². The van der Waals surface area contributed by atoms with Gasteiger partial charge >= 0.3 is 5.97 Å². The lowest BCUT2D eigenvalue weighted by atomic mass is 9.72. The van der Waals surface area contributed by atoms with Gasteiger partial charge in [-0.3, -0.25) is 4.79 Å². The van der Waals surface area contributed by atoms with Crippen molar-refractivity contribution >= 4 is 11.9 Å². The second kappa shape index (κ2) is 14.2. The molecule has 0 atom stereocenters. The summed E-state index contributed by atoms with van der Waals surface area (Å²) in [6.07, 6.45) is 16.1. The maximum atomic E-state index is 10.8. The summed E-state index contributed by atoms with van der Waals surface area (Å²) in [6.45, 7) is 10.9. The zero-order valence-electron chi connectivity index (χ0n) is 21.1. The molecule has 0 unspecified atom stereocenters. The molecular formula is C29H39NO4. The van der Waals surface area contributed by atoms with Crippen molar-refractivity contribution in [2.75, 3.05) is 6.61 Å². The monoisotopic (exact) mass is 465 g/mol. The number of allylic oxidation sites excluding steroid dienone is 9. The minimum atomic E-state index is -0.925. The number of carboxylic acids is 1. The Morgan fingerprint density at radius 2 is 1.74 bits per heavy atom. The fourth-order valence-electron chi connectivity index (χ4n) is 3.85. The molecule has 0 heterocycles. The number of aliphatic hydroxyl groups excluding tert-OH is 1. The number of carbonyl (C=O) groups excluding carboxylic acids is 1. The molecule has 1 amide bonds. The number of aliphatic hydroxyl groups is 1. The van der Waals surface area contributed by atoms with E-state index in [2.05, 4.69) is 39.8 Å². The van der Waals surface area contributed by atoms with Crippen molar-refractivity contribution in [2.45, 2.75) is 60.3 Å². The quantitative estimate of drug-likeness (QED) is 0.327. The highest BCUT2D eigenvalue weighted by Crippen LogP contribution is 2.40. The Morgan fingerprint density at radius 1 is 1.09 bits per heavy atom. The smallest absolute Gasteiger partial charge is 0.335 e. The van der Waals surface area contributed by atoms with E-state index in [1.54, 1.807) is 12.1 Å². The van der Waals surface area contributed by atoms with E-state index < -0.39 is 11.9 Å². The van der Waals surface area contributed by atoms with Crippen LogP contribution in [-0.4, -0.2) is 28.7 Å². The molecule has 34 heavy (non-hydrogen) atoms. The predicted molar refractivity (Wildman–Crippen MR) is 140 cm³/mol. The first-order valence-electron chi connectivity index (χ1n) is 11.6. The SMILES string of the molecule is CC1=C(/C=C/C(C)=C/C=C/C(C)=C/C(N)=O)C(C)(C)CCC1.O=C(O)c1ccc(CCO)cc1. The summed E-state index contributed by atoms with van der Waals surface area (Å²) in [5, 5.41) is 17.1. The largest absolute Gasteiger partial charge is 0.478 e. The number of hydrogen-bond donors (Lipinski definition) is 3. The zero-order chi connectivity index (χ0) is 25.7. The summed E-state index contributed by atoms with van der Waals surface area (Å²) < 4.78 is 0. The number of carboxylic acid groups (broad SMARTS) is 1. The minimum Gasteiger partial charge on any atom is -0.478 e. The number of nitrogens with two attached hydrogens (primary N) is 1. The van der Waals surface area contributed by atoms with Crippen LogP contribution in [0.3, 0.4) is 0 Å². The Morgan fingerprint density at radius 3 is 2.26 bits per heavy atom. The van der Waals surface area contributed by atoms with E-state index in [0.29, 0.717) is 6.42 Å². The van der Waals surface area contributed by atoms with Crippen LogP contribution in [0.4, 0.5) is 0 Å². The average Bonchev–Trinajstić information content (AvgIpc) is 2.73. The van der Waals surface area contributed by atoms with Crippen LogP contribution in [0.25, 0.3) is 0 Å². The fraction of sp³-hybridized carbons (Fsp3) is 0.379. The molecule has 0 fully saturated rings. The average molecular weight is 466 g/mol. The summed E-state index contributed by atoms with van der Waals surface area (Å²) in [4.78, 5) is 21.2. The zero-order valence-corrected chi connectivity index (χ0v) is 21.1. The molecule has 0 spiro atoms. The van der Waals surface area contributed by atoms with E-state index in [4.69, 9.17) is 15.9 Å². The van der Waals surface area contributed by atoms with E-state index in [0.717, 1.165) is 11.1 Å². The lowest BCUT2D eigenvalue weighted by Crippen LogP contribution is -2.19. The van der Waals surface area contributed by atoms with Gasteiger partial charge in [0.2, 0.25) is 5.91 Å². The molecular weight excluding hydrogens is 426 g/mol.